The second kappa shape index (κ2) is 5.21. The Kier molecular flexibility index (Phi) is 3.80. The van der Waals surface area contributed by atoms with Gasteiger partial charge in [0.05, 0.1) is 5.56 Å². The van der Waals surface area contributed by atoms with Crippen LogP contribution in [-0.2, 0) is 0 Å². The van der Waals surface area contributed by atoms with E-state index in [0.29, 0.717) is 23.2 Å². The van der Waals surface area contributed by atoms with E-state index in [1.807, 2.05) is 30.0 Å². The number of aryl methyl sites for hydroxylation is 1. The van der Waals surface area contributed by atoms with Crippen LogP contribution in [0.15, 0.2) is 18.2 Å². The van der Waals surface area contributed by atoms with Crippen LogP contribution in [0.25, 0.3) is 0 Å². The van der Waals surface area contributed by atoms with Gasteiger partial charge in [0.15, 0.2) is 0 Å². The Hall–Kier alpha value is -1.55. The van der Waals surface area contributed by atoms with Gasteiger partial charge in [0.1, 0.15) is 0 Å². The van der Waals surface area contributed by atoms with Crippen molar-refractivity contribution in [3.8, 4) is 0 Å². The number of benzene rings is 1. The van der Waals surface area contributed by atoms with Crippen LogP contribution < -0.4 is 5.73 Å². The summed E-state index contributed by atoms with van der Waals surface area (Å²) in [5.41, 5.74) is 8.22. The highest BCUT2D eigenvalue weighted by Gasteiger charge is 2.34. The van der Waals surface area contributed by atoms with Crippen LogP contribution in [0.4, 0.5) is 5.69 Å². The summed E-state index contributed by atoms with van der Waals surface area (Å²) in [5.74, 6) is 0.544. The van der Waals surface area contributed by atoms with E-state index in [1.54, 1.807) is 0 Å². The second-order valence-electron chi connectivity index (χ2n) is 5.75. The van der Waals surface area contributed by atoms with Gasteiger partial charge < -0.3 is 15.5 Å². The number of likely N-dealkylation sites (N-methyl/N-ethyl adjacent to an activating group) is 1. The number of nitrogen functional groups attached to an aromatic ring is 1. The molecule has 0 aromatic heterocycles. The predicted octanol–water partition coefficient (Wildman–Crippen LogP) is 1.60. The molecule has 0 bridgehead atoms. The fourth-order valence-electron chi connectivity index (χ4n) is 2.83. The maximum Gasteiger partial charge on any atom is 0.256 e. The van der Waals surface area contributed by atoms with E-state index in [1.165, 1.54) is 0 Å². The quantitative estimate of drug-likeness (QED) is 0.823. The summed E-state index contributed by atoms with van der Waals surface area (Å²) < 4.78 is 0. The SMILES string of the molecule is Cc1cccc(C(=O)N2CC(C)C(N(C)C)C2)c1N. The summed E-state index contributed by atoms with van der Waals surface area (Å²) in [4.78, 5) is 16.7. The van der Waals surface area contributed by atoms with E-state index in [2.05, 4.69) is 25.9 Å². The predicted molar refractivity (Wildman–Crippen MR) is 78.1 cm³/mol. The van der Waals surface area contributed by atoms with Gasteiger partial charge in [-0.2, -0.15) is 0 Å². The molecule has 4 nitrogen and oxygen atoms in total. The van der Waals surface area contributed by atoms with Crippen molar-refractivity contribution in [2.75, 3.05) is 32.9 Å². The van der Waals surface area contributed by atoms with Crippen LogP contribution >= 0.6 is 0 Å². The van der Waals surface area contributed by atoms with Gasteiger partial charge in [-0.1, -0.05) is 19.1 Å². The smallest absolute Gasteiger partial charge is 0.256 e. The minimum Gasteiger partial charge on any atom is -0.398 e. The molecule has 4 heteroatoms. The first-order valence-corrected chi connectivity index (χ1v) is 6.72. The maximum atomic E-state index is 12.6. The first-order valence-electron chi connectivity index (χ1n) is 6.72. The zero-order chi connectivity index (χ0) is 14.2. The molecule has 1 aliphatic rings. The summed E-state index contributed by atoms with van der Waals surface area (Å²) in [7, 11) is 4.13. The number of hydrogen-bond donors (Lipinski definition) is 1. The highest BCUT2D eigenvalue weighted by Crippen LogP contribution is 2.24. The highest BCUT2D eigenvalue weighted by molar-refractivity contribution is 5.99. The summed E-state index contributed by atoms with van der Waals surface area (Å²) in [5, 5.41) is 0. The zero-order valence-corrected chi connectivity index (χ0v) is 12.2. The molecule has 0 saturated carbocycles. The number of para-hydroxylation sites is 1. The summed E-state index contributed by atoms with van der Waals surface area (Å²) >= 11 is 0. The molecule has 1 aliphatic heterocycles. The lowest BCUT2D eigenvalue weighted by Crippen LogP contribution is -2.36. The maximum absolute atomic E-state index is 12.6. The van der Waals surface area contributed by atoms with Crippen LogP contribution in [0.2, 0.25) is 0 Å². The van der Waals surface area contributed by atoms with Crippen molar-refractivity contribution in [1.82, 2.24) is 9.80 Å². The number of hydrogen-bond acceptors (Lipinski definition) is 3. The van der Waals surface area contributed by atoms with Crippen LogP contribution in [0.3, 0.4) is 0 Å². The molecular weight excluding hydrogens is 238 g/mol. The Morgan fingerprint density at radius 2 is 2.05 bits per heavy atom. The van der Waals surface area contributed by atoms with Crippen molar-refractivity contribution in [2.45, 2.75) is 19.9 Å². The average Bonchev–Trinajstić information content (AvgIpc) is 2.74. The summed E-state index contributed by atoms with van der Waals surface area (Å²) in [6, 6.07) is 6.07. The molecule has 0 radical (unpaired) electrons. The van der Waals surface area contributed by atoms with Gasteiger partial charge in [0, 0.05) is 24.8 Å². The van der Waals surface area contributed by atoms with Gasteiger partial charge in [-0.3, -0.25) is 4.79 Å². The van der Waals surface area contributed by atoms with Crippen LogP contribution in [0.1, 0.15) is 22.8 Å². The molecule has 1 amide bonds. The van der Waals surface area contributed by atoms with E-state index in [-0.39, 0.29) is 5.91 Å². The molecule has 104 valence electrons. The van der Waals surface area contributed by atoms with Crippen molar-refractivity contribution in [2.24, 2.45) is 5.92 Å². The van der Waals surface area contributed by atoms with E-state index in [0.717, 1.165) is 18.7 Å². The number of nitrogens with two attached hydrogens (primary N) is 1. The van der Waals surface area contributed by atoms with Crippen molar-refractivity contribution in [1.29, 1.82) is 0 Å². The van der Waals surface area contributed by atoms with Crippen molar-refractivity contribution < 1.29 is 4.79 Å². The topological polar surface area (TPSA) is 49.6 Å². The molecule has 2 unspecified atom stereocenters. The molecule has 19 heavy (non-hydrogen) atoms. The molecule has 2 N–H and O–H groups in total. The lowest BCUT2D eigenvalue weighted by Gasteiger charge is -2.22. The second-order valence-corrected chi connectivity index (χ2v) is 5.75. The largest absolute Gasteiger partial charge is 0.398 e. The van der Waals surface area contributed by atoms with Crippen molar-refractivity contribution >= 4 is 11.6 Å². The molecule has 0 aliphatic carbocycles. The molecule has 2 rings (SSSR count). The Labute approximate surface area is 115 Å². The average molecular weight is 261 g/mol. The Morgan fingerprint density at radius 3 is 2.63 bits per heavy atom. The van der Waals surface area contributed by atoms with Gasteiger partial charge in [-0.05, 0) is 38.6 Å². The van der Waals surface area contributed by atoms with Crippen molar-refractivity contribution in [3.63, 3.8) is 0 Å². The molecule has 1 saturated heterocycles. The first kappa shape index (κ1) is 13.9. The minimum atomic E-state index is 0.0531. The van der Waals surface area contributed by atoms with Crippen LogP contribution in [0, 0.1) is 12.8 Å². The number of carbonyl (C=O) groups excluding carboxylic acids is 1. The molecule has 0 spiro atoms. The fourth-order valence-corrected chi connectivity index (χ4v) is 2.83. The lowest BCUT2D eigenvalue weighted by atomic mass is 10.1. The van der Waals surface area contributed by atoms with Gasteiger partial charge in [0.25, 0.3) is 5.91 Å². The number of rotatable bonds is 2. The highest BCUT2D eigenvalue weighted by atomic mass is 16.2. The number of amides is 1. The third-order valence-corrected chi connectivity index (χ3v) is 4.08. The van der Waals surface area contributed by atoms with E-state index in [4.69, 9.17) is 5.73 Å². The van der Waals surface area contributed by atoms with Crippen LogP contribution in [0.5, 0.6) is 0 Å². The molecule has 1 heterocycles. The van der Waals surface area contributed by atoms with Crippen LogP contribution in [-0.4, -0.2) is 48.9 Å². The van der Waals surface area contributed by atoms with Gasteiger partial charge in [0.2, 0.25) is 0 Å². The lowest BCUT2D eigenvalue weighted by molar-refractivity contribution is 0.0782. The van der Waals surface area contributed by atoms with Gasteiger partial charge in [-0.15, -0.1) is 0 Å². The molecule has 1 fully saturated rings. The van der Waals surface area contributed by atoms with E-state index >= 15 is 0 Å². The van der Waals surface area contributed by atoms with E-state index < -0.39 is 0 Å². The number of nitrogens with zero attached hydrogens (tertiary/aromatic N) is 2. The fraction of sp³-hybridized carbons (Fsp3) is 0.533. The number of carbonyl (C=O) groups is 1. The first-order chi connectivity index (χ1) is 8.91. The summed E-state index contributed by atoms with van der Waals surface area (Å²) in [6.07, 6.45) is 0. The number of anilines is 1. The number of likely N-dealkylation sites (tertiary alicyclic amines) is 1. The molecular formula is C15H23N3O. The third-order valence-electron chi connectivity index (χ3n) is 4.08. The van der Waals surface area contributed by atoms with Crippen molar-refractivity contribution in [3.05, 3.63) is 29.3 Å². The zero-order valence-electron chi connectivity index (χ0n) is 12.2. The Morgan fingerprint density at radius 1 is 1.37 bits per heavy atom. The Bertz CT molecular complexity index is 484. The van der Waals surface area contributed by atoms with Gasteiger partial charge in [-0.25, -0.2) is 0 Å². The third kappa shape index (κ3) is 2.59. The Balaban J connectivity index is 2.20. The molecule has 1 aromatic carbocycles. The van der Waals surface area contributed by atoms with Gasteiger partial charge >= 0.3 is 0 Å². The van der Waals surface area contributed by atoms with E-state index in [9.17, 15) is 4.79 Å². The summed E-state index contributed by atoms with van der Waals surface area (Å²) in [6.45, 7) is 5.70. The molecule has 2 atom stereocenters. The monoisotopic (exact) mass is 261 g/mol. The normalized spacial score (nSPS) is 23.1. The minimum absolute atomic E-state index is 0.0531. The standard InChI is InChI=1S/C15H23N3O/c1-10-6-5-7-12(14(10)16)15(19)18-8-11(2)13(9-18)17(3)4/h5-7,11,13H,8-9,16H2,1-4H3. The molecule has 1 aromatic rings.